The molecule has 21 heavy (non-hydrogen) atoms. The van der Waals surface area contributed by atoms with Crippen LogP contribution in [0.25, 0.3) is 0 Å². The average Bonchev–Trinajstić information content (AvgIpc) is 2.62. The second kappa shape index (κ2) is 5.94. The van der Waals surface area contributed by atoms with Gasteiger partial charge in [-0.2, -0.15) is 0 Å². The zero-order chi connectivity index (χ0) is 14.9. The minimum Gasteiger partial charge on any atom is -0.292 e. The Morgan fingerprint density at radius 3 is 2.29 bits per heavy atom. The van der Waals surface area contributed by atoms with Crippen molar-refractivity contribution in [3.05, 3.63) is 0 Å². The molecule has 1 saturated carbocycles. The van der Waals surface area contributed by atoms with Crippen molar-refractivity contribution in [1.82, 2.24) is 9.80 Å². The summed E-state index contributed by atoms with van der Waals surface area (Å²) in [6.07, 6.45) is 6.96. The van der Waals surface area contributed by atoms with Gasteiger partial charge in [0, 0.05) is 13.1 Å². The van der Waals surface area contributed by atoms with Crippen LogP contribution < -0.4 is 0 Å². The summed E-state index contributed by atoms with van der Waals surface area (Å²) < 4.78 is 0. The van der Waals surface area contributed by atoms with Gasteiger partial charge in [-0.1, -0.05) is 39.0 Å². The molecular formula is C19H32N2. The Morgan fingerprint density at radius 1 is 0.952 bits per heavy atom. The zero-order valence-corrected chi connectivity index (χ0v) is 14.2. The van der Waals surface area contributed by atoms with Crippen LogP contribution in [0.5, 0.6) is 0 Å². The van der Waals surface area contributed by atoms with Gasteiger partial charge in [-0.25, -0.2) is 0 Å². The third-order valence-corrected chi connectivity index (χ3v) is 6.85. The molecule has 3 rings (SSSR count). The molecule has 0 amide bonds. The molecule has 2 heteroatoms. The van der Waals surface area contributed by atoms with E-state index < -0.39 is 0 Å². The third kappa shape index (κ3) is 3.01. The van der Waals surface area contributed by atoms with Crippen LogP contribution in [0.4, 0.5) is 0 Å². The van der Waals surface area contributed by atoms with Crippen LogP contribution in [-0.2, 0) is 0 Å². The SMILES string of the molecule is CC12CCC(CN(CC#CCN3CCCCC3)C1)C2(C)C. The maximum Gasteiger partial charge on any atom is 0.0602 e. The molecule has 3 fully saturated rings. The number of rotatable bonds is 2. The Kier molecular flexibility index (Phi) is 4.35. The zero-order valence-electron chi connectivity index (χ0n) is 14.2. The first-order valence-electron chi connectivity index (χ1n) is 8.92. The fraction of sp³-hybridized carbons (Fsp3) is 0.895. The van der Waals surface area contributed by atoms with Crippen molar-refractivity contribution >= 4 is 0 Å². The van der Waals surface area contributed by atoms with E-state index in [9.17, 15) is 0 Å². The molecule has 118 valence electrons. The van der Waals surface area contributed by atoms with Gasteiger partial charge in [0.2, 0.25) is 0 Å². The van der Waals surface area contributed by atoms with Crippen LogP contribution in [0.2, 0.25) is 0 Å². The van der Waals surface area contributed by atoms with E-state index in [1.165, 1.54) is 58.3 Å². The maximum absolute atomic E-state index is 3.45. The molecule has 3 aliphatic rings. The molecule has 2 nitrogen and oxygen atoms in total. The molecule has 0 N–H and O–H groups in total. The van der Waals surface area contributed by atoms with Gasteiger partial charge in [0.25, 0.3) is 0 Å². The van der Waals surface area contributed by atoms with Gasteiger partial charge in [0.1, 0.15) is 0 Å². The predicted octanol–water partition coefficient (Wildman–Crippen LogP) is 3.23. The van der Waals surface area contributed by atoms with Gasteiger partial charge >= 0.3 is 0 Å². The number of piperidine rings is 2. The molecule has 2 saturated heterocycles. The van der Waals surface area contributed by atoms with Crippen LogP contribution in [0, 0.1) is 28.6 Å². The van der Waals surface area contributed by atoms with Gasteiger partial charge in [0.15, 0.2) is 0 Å². The lowest BCUT2D eigenvalue weighted by atomic mass is 9.63. The summed E-state index contributed by atoms with van der Waals surface area (Å²) in [6, 6.07) is 0. The molecule has 2 heterocycles. The van der Waals surface area contributed by atoms with E-state index in [1.54, 1.807) is 0 Å². The highest BCUT2D eigenvalue weighted by atomic mass is 15.2. The van der Waals surface area contributed by atoms with E-state index in [-0.39, 0.29) is 0 Å². The standard InChI is InChI=1S/C19H32N2/c1-18(2)17-9-10-19(18,3)16-21(15-17)14-8-7-13-20-11-5-4-6-12-20/h17H,4-6,9-16H2,1-3H3. The summed E-state index contributed by atoms with van der Waals surface area (Å²) in [4.78, 5) is 5.13. The van der Waals surface area contributed by atoms with Gasteiger partial charge in [-0.05, 0) is 55.5 Å². The van der Waals surface area contributed by atoms with Crippen LogP contribution in [0.1, 0.15) is 52.9 Å². The Labute approximate surface area is 131 Å². The minimum absolute atomic E-state index is 0.504. The number of fused-ring (bicyclic) bond motifs is 2. The van der Waals surface area contributed by atoms with Crippen LogP contribution in [0.15, 0.2) is 0 Å². The third-order valence-electron chi connectivity index (χ3n) is 6.85. The van der Waals surface area contributed by atoms with Crippen molar-refractivity contribution in [2.24, 2.45) is 16.7 Å². The highest BCUT2D eigenvalue weighted by molar-refractivity contribution is 5.09. The fourth-order valence-electron chi connectivity index (χ4n) is 4.71. The average molecular weight is 288 g/mol. The lowest BCUT2D eigenvalue weighted by Crippen LogP contribution is -2.52. The molecule has 2 atom stereocenters. The van der Waals surface area contributed by atoms with E-state index in [1.807, 2.05) is 0 Å². The summed E-state index contributed by atoms with van der Waals surface area (Å²) in [6.45, 7) is 14.5. The molecule has 0 aromatic rings. The number of hydrogen-bond donors (Lipinski definition) is 0. The second-order valence-electron chi connectivity index (χ2n) is 8.38. The topological polar surface area (TPSA) is 6.48 Å². The molecule has 2 unspecified atom stereocenters. The summed E-state index contributed by atoms with van der Waals surface area (Å²) in [5, 5.41) is 0. The van der Waals surface area contributed by atoms with Crippen molar-refractivity contribution < 1.29 is 0 Å². The van der Waals surface area contributed by atoms with E-state index in [2.05, 4.69) is 42.4 Å². The van der Waals surface area contributed by atoms with Gasteiger partial charge in [-0.15, -0.1) is 0 Å². The second-order valence-corrected chi connectivity index (χ2v) is 8.38. The Bertz CT molecular complexity index is 425. The summed E-state index contributed by atoms with van der Waals surface area (Å²) >= 11 is 0. The predicted molar refractivity (Wildman–Crippen MR) is 89.1 cm³/mol. The fourth-order valence-corrected chi connectivity index (χ4v) is 4.71. The summed E-state index contributed by atoms with van der Waals surface area (Å²) in [7, 11) is 0. The molecule has 1 aliphatic carbocycles. The molecule has 0 aromatic carbocycles. The first-order valence-corrected chi connectivity index (χ1v) is 8.92. The van der Waals surface area contributed by atoms with E-state index in [4.69, 9.17) is 0 Å². The molecule has 0 spiro atoms. The summed E-state index contributed by atoms with van der Waals surface area (Å²) in [5.74, 6) is 7.75. The molecular weight excluding hydrogens is 256 g/mol. The molecule has 0 radical (unpaired) electrons. The number of hydrogen-bond acceptors (Lipinski definition) is 2. The van der Waals surface area contributed by atoms with E-state index in [0.29, 0.717) is 10.8 Å². The van der Waals surface area contributed by atoms with E-state index >= 15 is 0 Å². The molecule has 2 bridgehead atoms. The number of likely N-dealkylation sites (tertiary alicyclic amines) is 2. The van der Waals surface area contributed by atoms with Crippen molar-refractivity contribution in [3.63, 3.8) is 0 Å². The monoisotopic (exact) mass is 288 g/mol. The Balaban J connectivity index is 1.49. The Hall–Kier alpha value is -0.520. The quantitative estimate of drug-likeness (QED) is 0.720. The highest BCUT2D eigenvalue weighted by Crippen LogP contribution is 2.58. The van der Waals surface area contributed by atoms with Crippen molar-refractivity contribution in [2.45, 2.75) is 52.9 Å². The molecule has 2 aliphatic heterocycles. The van der Waals surface area contributed by atoms with Crippen molar-refractivity contribution in [3.8, 4) is 11.8 Å². The van der Waals surface area contributed by atoms with E-state index in [0.717, 1.165) is 19.0 Å². The normalized spacial score (nSPS) is 36.2. The Morgan fingerprint density at radius 2 is 1.62 bits per heavy atom. The van der Waals surface area contributed by atoms with Crippen LogP contribution in [0.3, 0.4) is 0 Å². The van der Waals surface area contributed by atoms with Crippen molar-refractivity contribution in [2.75, 3.05) is 39.3 Å². The first kappa shape index (κ1) is 15.4. The maximum atomic E-state index is 3.45. The largest absolute Gasteiger partial charge is 0.292 e. The van der Waals surface area contributed by atoms with Crippen molar-refractivity contribution in [1.29, 1.82) is 0 Å². The van der Waals surface area contributed by atoms with Gasteiger partial charge in [0.05, 0.1) is 13.1 Å². The lowest BCUT2D eigenvalue weighted by molar-refractivity contribution is -0.0118. The minimum atomic E-state index is 0.504. The molecule has 0 aromatic heterocycles. The van der Waals surface area contributed by atoms with Crippen LogP contribution in [-0.4, -0.2) is 49.1 Å². The lowest BCUT2D eigenvalue weighted by Gasteiger charge is -2.50. The number of nitrogens with zero attached hydrogens (tertiary/aromatic N) is 2. The van der Waals surface area contributed by atoms with Gasteiger partial charge < -0.3 is 0 Å². The highest BCUT2D eigenvalue weighted by Gasteiger charge is 2.55. The smallest absolute Gasteiger partial charge is 0.0602 e. The van der Waals surface area contributed by atoms with Crippen LogP contribution >= 0.6 is 0 Å². The van der Waals surface area contributed by atoms with Gasteiger partial charge in [-0.3, -0.25) is 9.80 Å². The first-order chi connectivity index (χ1) is 10.0. The summed E-state index contributed by atoms with van der Waals surface area (Å²) in [5.41, 5.74) is 1.02.